The van der Waals surface area contributed by atoms with Crippen molar-refractivity contribution in [3.05, 3.63) is 60.2 Å². The van der Waals surface area contributed by atoms with E-state index in [1.165, 1.54) is 0 Å². The Kier molecular flexibility index (Phi) is 4.66. The molecule has 4 aliphatic heterocycles. The largest absolute Gasteiger partial charge is 0.493 e. The first kappa shape index (κ1) is 21.8. The number of para-hydroxylation sites is 1. The van der Waals surface area contributed by atoms with Crippen LogP contribution in [-0.2, 0) is 16.9 Å². The topological polar surface area (TPSA) is 111 Å². The lowest BCUT2D eigenvalue weighted by Gasteiger charge is -2.43. The van der Waals surface area contributed by atoms with Crippen molar-refractivity contribution in [2.75, 3.05) is 44.3 Å². The van der Waals surface area contributed by atoms with E-state index in [1.54, 1.807) is 0 Å². The van der Waals surface area contributed by atoms with Crippen LogP contribution in [0.15, 0.2) is 48.8 Å². The molecule has 2 fully saturated rings. The molecular formula is C27H26N8O3. The van der Waals surface area contributed by atoms with Gasteiger partial charge < -0.3 is 24.6 Å². The fourth-order valence-corrected chi connectivity index (χ4v) is 6.31. The van der Waals surface area contributed by atoms with E-state index in [0.29, 0.717) is 45.4 Å². The number of carbonyl (C=O) groups excluding carboxylic acids is 1. The van der Waals surface area contributed by atoms with E-state index < -0.39 is 5.54 Å². The van der Waals surface area contributed by atoms with E-state index in [-0.39, 0.29) is 12.1 Å². The van der Waals surface area contributed by atoms with Crippen molar-refractivity contribution in [1.82, 2.24) is 34.7 Å². The molecule has 4 aliphatic rings. The molecule has 1 N–H and O–H groups in total. The highest BCUT2D eigenvalue weighted by Gasteiger charge is 2.45. The first-order valence-corrected chi connectivity index (χ1v) is 13.0. The third-order valence-electron chi connectivity index (χ3n) is 8.18. The Hall–Kier alpha value is -4.25. The molecular weight excluding hydrogens is 484 g/mol. The molecule has 3 aromatic heterocycles. The van der Waals surface area contributed by atoms with Crippen LogP contribution in [0.4, 0.5) is 10.7 Å². The van der Waals surface area contributed by atoms with E-state index in [0.717, 1.165) is 52.5 Å². The highest BCUT2D eigenvalue weighted by molar-refractivity contribution is 5.78. The molecule has 8 rings (SSSR count). The van der Waals surface area contributed by atoms with E-state index >= 15 is 0 Å². The Bertz CT molecular complexity index is 1570. The van der Waals surface area contributed by atoms with Crippen molar-refractivity contribution in [3.63, 3.8) is 0 Å². The molecule has 0 saturated carbocycles. The number of hydrogen-bond donors (Lipinski definition) is 1. The number of urea groups is 1. The van der Waals surface area contributed by atoms with Crippen molar-refractivity contribution in [2.24, 2.45) is 0 Å². The van der Waals surface area contributed by atoms with Crippen LogP contribution in [0.5, 0.6) is 5.75 Å². The highest BCUT2D eigenvalue weighted by Crippen LogP contribution is 2.44. The monoisotopic (exact) mass is 510 g/mol. The summed E-state index contributed by atoms with van der Waals surface area (Å²) in [7, 11) is 0. The van der Waals surface area contributed by atoms with Gasteiger partial charge in [-0.3, -0.25) is 4.57 Å². The van der Waals surface area contributed by atoms with Crippen LogP contribution in [-0.4, -0.2) is 80.9 Å². The number of anilines is 1. The Balaban J connectivity index is 1.15. The Labute approximate surface area is 218 Å². The maximum absolute atomic E-state index is 11.9. The standard InChI is InChI=1S/C27H26N8O3/c36-26-30-13-18-14-33(8-9-34(18)26)25-28-11-17(12-29-25)20-5-6-21-24(32-20)35-23(31-21)15-37-16-27(35)7-10-38-22-4-2-1-3-19(22)27/h1-6,11-12,18H,7-10,13-16H2,(H,30,36)/t18-,27?/m1/s1. The average molecular weight is 511 g/mol. The van der Waals surface area contributed by atoms with Gasteiger partial charge in [0.15, 0.2) is 5.65 Å². The molecule has 11 nitrogen and oxygen atoms in total. The van der Waals surface area contributed by atoms with Gasteiger partial charge in [0, 0.05) is 56.1 Å². The third-order valence-corrected chi connectivity index (χ3v) is 8.18. The summed E-state index contributed by atoms with van der Waals surface area (Å²) in [4.78, 5) is 35.3. The molecule has 1 aromatic carbocycles. The molecule has 2 atom stereocenters. The molecule has 4 aromatic rings. The number of piperazine rings is 1. The molecule has 2 amide bonds. The maximum atomic E-state index is 11.9. The van der Waals surface area contributed by atoms with Crippen molar-refractivity contribution in [2.45, 2.75) is 24.6 Å². The number of aromatic nitrogens is 5. The summed E-state index contributed by atoms with van der Waals surface area (Å²) in [5.74, 6) is 2.43. The lowest BCUT2D eigenvalue weighted by molar-refractivity contribution is 0.00399. The van der Waals surface area contributed by atoms with E-state index in [1.807, 2.05) is 47.6 Å². The van der Waals surface area contributed by atoms with Crippen molar-refractivity contribution >= 4 is 23.1 Å². The van der Waals surface area contributed by atoms with Crippen molar-refractivity contribution in [1.29, 1.82) is 0 Å². The van der Waals surface area contributed by atoms with Gasteiger partial charge in [-0.25, -0.2) is 24.7 Å². The van der Waals surface area contributed by atoms with Gasteiger partial charge in [-0.1, -0.05) is 18.2 Å². The zero-order valence-electron chi connectivity index (χ0n) is 20.7. The second-order valence-corrected chi connectivity index (χ2v) is 10.3. The van der Waals surface area contributed by atoms with Crippen LogP contribution in [0.25, 0.3) is 22.4 Å². The van der Waals surface area contributed by atoms with E-state index in [2.05, 4.69) is 30.8 Å². The van der Waals surface area contributed by atoms with Crippen LogP contribution in [0, 0.1) is 0 Å². The number of amides is 2. The normalized spacial score (nSPS) is 24.1. The average Bonchev–Trinajstić information content (AvgIpc) is 3.53. The Morgan fingerprint density at radius 1 is 1.05 bits per heavy atom. The van der Waals surface area contributed by atoms with Crippen molar-refractivity contribution < 1.29 is 14.3 Å². The molecule has 1 spiro atoms. The second-order valence-electron chi connectivity index (χ2n) is 10.3. The quantitative estimate of drug-likeness (QED) is 0.437. The summed E-state index contributed by atoms with van der Waals surface area (Å²) in [6.07, 6.45) is 4.44. The first-order chi connectivity index (χ1) is 18.7. The number of rotatable bonds is 2. The summed E-state index contributed by atoms with van der Waals surface area (Å²) >= 11 is 0. The summed E-state index contributed by atoms with van der Waals surface area (Å²) in [5.41, 5.74) is 4.00. The third kappa shape index (κ3) is 3.14. The molecule has 38 heavy (non-hydrogen) atoms. The number of pyridine rings is 1. The minimum atomic E-state index is -0.415. The SMILES string of the molecule is O=C1NC[C@@H]2CN(c3ncc(-c4ccc5nc6n(c5n4)C4(CCOc5ccccc54)COC6)cn3)CCN12. The molecule has 2 saturated heterocycles. The number of ether oxygens (including phenoxy) is 2. The molecule has 192 valence electrons. The molecule has 7 heterocycles. The van der Waals surface area contributed by atoms with Crippen LogP contribution >= 0.6 is 0 Å². The Morgan fingerprint density at radius 3 is 2.87 bits per heavy atom. The molecule has 0 aliphatic carbocycles. The summed E-state index contributed by atoms with van der Waals surface area (Å²) in [5, 5.41) is 2.91. The number of nitrogens with one attached hydrogen (secondary N) is 1. The van der Waals surface area contributed by atoms with Gasteiger partial charge in [0.2, 0.25) is 5.95 Å². The number of fused-ring (bicyclic) bond motifs is 7. The number of carbonyl (C=O) groups is 1. The zero-order chi connectivity index (χ0) is 25.3. The van der Waals surface area contributed by atoms with Gasteiger partial charge in [0.1, 0.15) is 29.2 Å². The summed E-state index contributed by atoms with van der Waals surface area (Å²) in [6, 6.07) is 12.3. The van der Waals surface area contributed by atoms with Crippen LogP contribution < -0.4 is 15.0 Å². The predicted octanol–water partition coefficient (Wildman–Crippen LogP) is 2.16. The maximum Gasteiger partial charge on any atom is 0.317 e. The lowest BCUT2D eigenvalue weighted by Crippen LogP contribution is -2.52. The van der Waals surface area contributed by atoms with Crippen LogP contribution in [0.3, 0.4) is 0 Å². The van der Waals surface area contributed by atoms with Crippen LogP contribution in [0.1, 0.15) is 17.8 Å². The van der Waals surface area contributed by atoms with Gasteiger partial charge in [-0.2, -0.15) is 0 Å². The van der Waals surface area contributed by atoms with Crippen LogP contribution in [0.2, 0.25) is 0 Å². The minimum absolute atomic E-state index is 0.0204. The fraction of sp³-hybridized carbons (Fsp3) is 0.370. The highest BCUT2D eigenvalue weighted by atomic mass is 16.5. The smallest absolute Gasteiger partial charge is 0.317 e. The molecule has 11 heteroatoms. The number of nitrogens with zero attached hydrogens (tertiary/aromatic N) is 7. The molecule has 0 bridgehead atoms. The Morgan fingerprint density at radius 2 is 1.95 bits per heavy atom. The fourth-order valence-electron chi connectivity index (χ4n) is 6.31. The zero-order valence-corrected chi connectivity index (χ0v) is 20.7. The number of imidazole rings is 1. The number of benzene rings is 1. The van der Waals surface area contributed by atoms with Gasteiger partial charge >= 0.3 is 6.03 Å². The first-order valence-electron chi connectivity index (χ1n) is 13.0. The summed E-state index contributed by atoms with van der Waals surface area (Å²) < 4.78 is 14.3. The second kappa shape index (κ2) is 8.12. The molecule has 1 unspecified atom stereocenters. The summed E-state index contributed by atoms with van der Waals surface area (Å²) in [6.45, 7) is 4.37. The van der Waals surface area contributed by atoms with Gasteiger partial charge in [0.05, 0.1) is 24.9 Å². The lowest BCUT2D eigenvalue weighted by atomic mass is 9.84. The minimum Gasteiger partial charge on any atom is -0.493 e. The van der Waals surface area contributed by atoms with Crippen molar-refractivity contribution in [3.8, 4) is 17.0 Å². The number of hydrogen-bond acceptors (Lipinski definition) is 8. The van der Waals surface area contributed by atoms with Gasteiger partial charge in [-0.15, -0.1) is 0 Å². The van der Waals surface area contributed by atoms with Gasteiger partial charge in [0.25, 0.3) is 0 Å². The van der Waals surface area contributed by atoms with Gasteiger partial charge in [-0.05, 0) is 18.2 Å². The van der Waals surface area contributed by atoms with E-state index in [4.69, 9.17) is 19.4 Å². The predicted molar refractivity (Wildman–Crippen MR) is 138 cm³/mol. The van der Waals surface area contributed by atoms with E-state index in [9.17, 15) is 4.79 Å². The molecule has 0 radical (unpaired) electrons.